The number of aromatic nitrogens is 3. The summed E-state index contributed by atoms with van der Waals surface area (Å²) in [4.78, 5) is 27.9. The van der Waals surface area contributed by atoms with E-state index in [4.69, 9.17) is 4.74 Å². The Morgan fingerprint density at radius 2 is 2.00 bits per heavy atom. The van der Waals surface area contributed by atoms with Crippen LogP contribution in [0.3, 0.4) is 0 Å². The van der Waals surface area contributed by atoms with Gasteiger partial charge in [0, 0.05) is 6.04 Å². The van der Waals surface area contributed by atoms with E-state index in [2.05, 4.69) is 25.8 Å². The molecule has 140 valence electrons. The molecule has 0 bridgehead atoms. The zero-order chi connectivity index (χ0) is 19.1. The Balaban J connectivity index is 1.84. The monoisotopic (exact) mass is 377 g/mol. The molecule has 0 radical (unpaired) electrons. The van der Waals surface area contributed by atoms with E-state index in [9.17, 15) is 9.59 Å². The van der Waals surface area contributed by atoms with Gasteiger partial charge < -0.3 is 10.1 Å². The zero-order valence-electron chi connectivity index (χ0n) is 15.2. The molecular weight excluding hydrogens is 354 g/mol. The minimum atomic E-state index is -0.520. The zero-order valence-corrected chi connectivity index (χ0v) is 16.0. The predicted molar refractivity (Wildman–Crippen MR) is 99.0 cm³/mol. The van der Waals surface area contributed by atoms with E-state index in [0.29, 0.717) is 11.0 Å². The normalized spacial score (nSPS) is 11.9. The van der Waals surface area contributed by atoms with Gasteiger partial charge in [-0.2, -0.15) is 0 Å². The fraction of sp³-hybridized carbons (Fsp3) is 0.412. The largest absolute Gasteiger partial charge is 0.485 e. The van der Waals surface area contributed by atoms with Crippen LogP contribution < -0.4 is 15.4 Å². The second kappa shape index (κ2) is 9.23. The van der Waals surface area contributed by atoms with Gasteiger partial charge in [0.2, 0.25) is 11.1 Å². The number of ether oxygens (including phenoxy) is 1. The highest BCUT2D eigenvalue weighted by molar-refractivity contribution is 8.00. The molecule has 2 rings (SSSR count). The van der Waals surface area contributed by atoms with Crippen LogP contribution >= 0.6 is 11.8 Å². The molecule has 8 nitrogen and oxygen atoms in total. The van der Waals surface area contributed by atoms with Gasteiger partial charge in [-0.15, -0.1) is 5.10 Å². The number of nitrogens with one attached hydrogen (secondary N) is 3. The lowest BCUT2D eigenvalue weighted by Gasteiger charge is -2.11. The van der Waals surface area contributed by atoms with E-state index in [0.717, 1.165) is 23.1 Å². The highest BCUT2D eigenvalue weighted by Crippen LogP contribution is 2.20. The van der Waals surface area contributed by atoms with Crippen LogP contribution in [0.2, 0.25) is 0 Å². The molecule has 0 spiro atoms. The van der Waals surface area contributed by atoms with Crippen molar-refractivity contribution in [2.75, 3.05) is 0 Å². The molecule has 0 fully saturated rings. The lowest BCUT2D eigenvalue weighted by Crippen LogP contribution is -2.45. The van der Waals surface area contributed by atoms with Crippen molar-refractivity contribution in [3.8, 4) is 5.75 Å². The Labute approximate surface area is 156 Å². The van der Waals surface area contributed by atoms with Crippen molar-refractivity contribution in [2.24, 2.45) is 0 Å². The summed E-state index contributed by atoms with van der Waals surface area (Å²) >= 11 is 1.16. The molecule has 9 heteroatoms. The summed E-state index contributed by atoms with van der Waals surface area (Å²) in [6.45, 7) is 7.53. The Hall–Kier alpha value is -2.55. The third kappa shape index (κ3) is 6.07. The number of H-pyrrole nitrogens is 1. The molecule has 1 atom stereocenters. The minimum absolute atomic E-state index is 0.0467. The molecule has 1 aromatic carbocycles. The molecule has 0 saturated carbocycles. The van der Waals surface area contributed by atoms with Crippen molar-refractivity contribution >= 4 is 23.7 Å². The van der Waals surface area contributed by atoms with Crippen molar-refractivity contribution in [1.82, 2.24) is 25.8 Å². The van der Waals surface area contributed by atoms with Crippen LogP contribution in [0.15, 0.2) is 29.4 Å². The van der Waals surface area contributed by atoms with E-state index < -0.39 is 17.2 Å². The topological polar surface area (TPSA) is 109 Å². The predicted octanol–water partition coefficient (Wildman–Crippen LogP) is 2.41. The molecule has 3 N–H and O–H groups in total. The van der Waals surface area contributed by atoms with Crippen LogP contribution in [0.1, 0.15) is 32.2 Å². The number of urea groups is 1. The summed E-state index contributed by atoms with van der Waals surface area (Å²) in [5.74, 6) is 0.929. The van der Waals surface area contributed by atoms with E-state index in [1.165, 1.54) is 0 Å². The molecule has 1 heterocycles. The number of amides is 3. The molecule has 3 amide bonds. The maximum absolute atomic E-state index is 12.0. The van der Waals surface area contributed by atoms with Crippen molar-refractivity contribution < 1.29 is 14.3 Å². The van der Waals surface area contributed by atoms with Crippen LogP contribution in [0, 0.1) is 6.92 Å². The number of hydrogen-bond acceptors (Lipinski definition) is 6. The number of carbonyl (C=O) groups is 2. The summed E-state index contributed by atoms with van der Waals surface area (Å²) in [6, 6.07) is 7.14. The molecule has 0 unspecified atom stereocenters. The van der Waals surface area contributed by atoms with Gasteiger partial charge in [-0.3, -0.25) is 15.2 Å². The minimum Gasteiger partial charge on any atom is -0.485 e. The Morgan fingerprint density at radius 3 is 2.69 bits per heavy atom. The van der Waals surface area contributed by atoms with Crippen molar-refractivity contribution in [1.29, 1.82) is 0 Å². The van der Waals surface area contributed by atoms with E-state index in [-0.39, 0.29) is 12.6 Å². The summed E-state index contributed by atoms with van der Waals surface area (Å²) in [7, 11) is 0. The molecule has 0 aliphatic carbocycles. The Morgan fingerprint density at radius 1 is 1.27 bits per heavy atom. The number of nitrogens with zero attached hydrogens (tertiary/aromatic N) is 2. The van der Waals surface area contributed by atoms with E-state index in [1.807, 2.05) is 45.0 Å². The number of carbonyl (C=O) groups excluding carboxylic acids is 2. The summed E-state index contributed by atoms with van der Waals surface area (Å²) in [6.07, 6.45) is 0. The Bertz CT molecular complexity index is 762. The summed E-state index contributed by atoms with van der Waals surface area (Å²) in [5, 5.41) is 11.6. The third-order valence-electron chi connectivity index (χ3n) is 3.28. The average Bonchev–Trinajstić information content (AvgIpc) is 3.00. The number of benzene rings is 1. The van der Waals surface area contributed by atoms with Crippen molar-refractivity contribution in [3.05, 3.63) is 35.7 Å². The van der Waals surface area contributed by atoms with Gasteiger partial charge in [0.25, 0.3) is 0 Å². The van der Waals surface area contributed by atoms with Gasteiger partial charge in [0.05, 0.1) is 5.25 Å². The van der Waals surface area contributed by atoms with Crippen LogP contribution in [0.4, 0.5) is 4.79 Å². The highest BCUT2D eigenvalue weighted by atomic mass is 32.2. The van der Waals surface area contributed by atoms with Gasteiger partial charge in [0.1, 0.15) is 12.4 Å². The number of thioether (sulfide) groups is 1. The molecule has 0 aliphatic heterocycles. The second-order valence-electron chi connectivity index (χ2n) is 6.00. The number of aromatic amines is 1. The molecule has 2 aromatic rings. The van der Waals surface area contributed by atoms with Crippen LogP contribution in [-0.4, -0.2) is 38.4 Å². The van der Waals surface area contributed by atoms with Gasteiger partial charge in [-0.1, -0.05) is 30.0 Å². The first kappa shape index (κ1) is 19.8. The lowest BCUT2D eigenvalue weighted by atomic mass is 10.2. The van der Waals surface area contributed by atoms with E-state index in [1.54, 1.807) is 6.92 Å². The number of hydrogen-bond donors (Lipinski definition) is 3. The maximum atomic E-state index is 12.0. The first-order chi connectivity index (χ1) is 12.3. The molecular formula is C17H23N5O3S. The molecule has 1 aromatic heterocycles. The maximum Gasteiger partial charge on any atom is 0.321 e. The van der Waals surface area contributed by atoms with Gasteiger partial charge >= 0.3 is 6.03 Å². The summed E-state index contributed by atoms with van der Waals surface area (Å²) < 4.78 is 5.70. The van der Waals surface area contributed by atoms with Crippen LogP contribution in [-0.2, 0) is 11.4 Å². The number of rotatable bonds is 7. The van der Waals surface area contributed by atoms with Gasteiger partial charge in [-0.25, -0.2) is 9.78 Å². The van der Waals surface area contributed by atoms with Gasteiger partial charge in [-0.05, 0) is 39.3 Å². The molecule has 26 heavy (non-hydrogen) atoms. The Kier molecular flexibility index (Phi) is 7.02. The SMILES string of the molecule is Cc1ccccc1OCc1nc(S[C@@H](C)C(=O)NC(=O)NC(C)C)n[nH]1. The van der Waals surface area contributed by atoms with E-state index >= 15 is 0 Å². The average molecular weight is 377 g/mol. The molecule has 0 aliphatic rings. The van der Waals surface area contributed by atoms with Gasteiger partial charge in [0.15, 0.2) is 5.82 Å². The first-order valence-electron chi connectivity index (χ1n) is 8.23. The van der Waals surface area contributed by atoms with Crippen LogP contribution in [0.5, 0.6) is 5.75 Å². The highest BCUT2D eigenvalue weighted by Gasteiger charge is 2.19. The number of imide groups is 1. The molecule has 0 saturated heterocycles. The number of para-hydroxylation sites is 1. The van der Waals surface area contributed by atoms with Crippen LogP contribution in [0.25, 0.3) is 0 Å². The smallest absolute Gasteiger partial charge is 0.321 e. The number of aryl methyl sites for hydroxylation is 1. The fourth-order valence-corrected chi connectivity index (χ4v) is 2.73. The summed E-state index contributed by atoms with van der Waals surface area (Å²) in [5.41, 5.74) is 1.03. The van der Waals surface area contributed by atoms with Crippen molar-refractivity contribution in [2.45, 2.75) is 50.8 Å². The third-order valence-corrected chi connectivity index (χ3v) is 4.24. The van der Waals surface area contributed by atoms with Crippen molar-refractivity contribution in [3.63, 3.8) is 0 Å². The fourth-order valence-electron chi connectivity index (χ4n) is 1.98. The standard InChI is InChI=1S/C17H23N5O3S/c1-10(2)18-16(24)20-15(23)12(4)26-17-19-14(21-22-17)9-25-13-8-6-5-7-11(13)3/h5-8,10,12H,9H2,1-4H3,(H,19,21,22)(H2,18,20,23,24)/t12-/m0/s1. The second-order valence-corrected chi connectivity index (χ2v) is 7.30. The quantitative estimate of drug-likeness (QED) is 0.639. The lowest BCUT2D eigenvalue weighted by molar-refractivity contribution is -0.119. The first-order valence-corrected chi connectivity index (χ1v) is 9.11.